The van der Waals surface area contributed by atoms with Crippen molar-refractivity contribution >= 4 is 0 Å². The molecule has 17 heavy (non-hydrogen) atoms. The van der Waals surface area contributed by atoms with Gasteiger partial charge >= 0.3 is 0 Å². The zero-order chi connectivity index (χ0) is 12.1. The lowest BCUT2D eigenvalue weighted by molar-refractivity contribution is -0.588. The molecule has 0 radical (unpaired) electrons. The first kappa shape index (κ1) is 11.1. The van der Waals surface area contributed by atoms with E-state index in [1.165, 1.54) is 0 Å². The Bertz CT molecular complexity index is 458. The SMILES string of the molecule is [O-][N+](=NO)C(c1ccccc1)c1ccccc1. The Hall–Kier alpha value is -2.36. The molecule has 0 aliphatic carbocycles. The number of hydroxylamine groups is 1. The molecule has 0 fully saturated rings. The summed E-state index contributed by atoms with van der Waals surface area (Å²) in [6.07, 6.45) is 0. The van der Waals surface area contributed by atoms with Crippen LogP contribution >= 0.6 is 0 Å². The van der Waals surface area contributed by atoms with Gasteiger partial charge in [-0.15, -0.1) is 0 Å². The van der Waals surface area contributed by atoms with E-state index in [1.54, 1.807) is 0 Å². The number of benzene rings is 2. The molecule has 0 amide bonds. The lowest BCUT2D eigenvalue weighted by atomic mass is 9.99. The maximum absolute atomic E-state index is 11.6. The summed E-state index contributed by atoms with van der Waals surface area (Å²) in [6, 6.07) is 17.8. The predicted octanol–water partition coefficient (Wildman–Crippen LogP) is 3.13. The van der Waals surface area contributed by atoms with Crippen LogP contribution in [0.1, 0.15) is 17.2 Å². The second-order valence-corrected chi connectivity index (χ2v) is 3.62. The molecule has 2 aromatic rings. The fraction of sp³-hybridized carbons (Fsp3) is 0.0769. The van der Waals surface area contributed by atoms with E-state index >= 15 is 0 Å². The van der Waals surface area contributed by atoms with Crippen molar-refractivity contribution in [3.05, 3.63) is 77.0 Å². The Balaban J connectivity index is 2.47. The van der Waals surface area contributed by atoms with Gasteiger partial charge < -0.3 is 10.4 Å². The average molecular weight is 228 g/mol. The van der Waals surface area contributed by atoms with Gasteiger partial charge in [-0.2, -0.15) is 0 Å². The van der Waals surface area contributed by atoms with E-state index in [0.717, 1.165) is 11.1 Å². The first-order valence-electron chi connectivity index (χ1n) is 5.24. The Morgan fingerprint density at radius 1 is 0.882 bits per heavy atom. The molecule has 1 N–H and O–H groups in total. The first-order chi connectivity index (χ1) is 8.33. The smallest absolute Gasteiger partial charge is 0.243 e. The first-order valence-corrected chi connectivity index (χ1v) is 5.24. The van der Waals surface area contributed by atoms with Crippen LogP contribution in [0.15, 0.2) is 65.9 Å². The van der Waals surface area contributed by atoms with Crippen LogP contribution in [0.2, 0.25) is 0 Å². The molecule has 4 nitrogen and oxygen atoms in total. The quantitative estimate of drug-likeness (QED) is 0.498. The third-order valence-electron chi connectivity index (χ3n) is 2.54. The second-order valence-electron chi connectivity index (χ2n) is 3.62. The van der Waals surface area contributed by atoms with E-state index < -0.39 is 6.04 Å². The largest absolute Gasteiger partial charge is 0.597 e. The molecule has 86 valence electrons. The van der Waals surface area contributed by atoms with Crippen LogP contribution in [-0.2, 0) is 0 Å². The minimum Gasteiger partial charge on any atom is -0.597 e. The highest BCUT2D eigenvalue weighted by molar-refractivity contribution is 5.29. The van der Waals surface area contributed by atoms with E-state index in [2.05, 4.69) is 5.28 Å². The van der Waals surface area contributed by atoms with Crippen molar-refractivity contribution in [3.8, 4) is 0 Å². The van der Waals surface area contributed by atoms with Gasteiger partial charge in [0.2, 0.25) is 6.04 Å². The highest BCUT2D eigenvalue weighted by Crippen LogP contribution is 2.25. The number of hydrogen-bond acceptors (Lipinski definition) is 2. The lowest BCUT2D eigenvalue weighted by Crippen LogP contribution is -2.12. The van der Waals surface area contributed by atoms with Gasteiger partial charge in [0.1, 0.15) is 0 Å². The highest BCUT2D eigenvalue weighted by Gasteiger charge is 2.23. The van der Waals surface area contributed by atoms with Crippen LogP contribution in [-0.4, -0.2) is 10.1 Å². The van der Waals surface area contributed by atoms with Gasteiger partial charge in [0, 0.05) is 11.1 Å². The molecule has 0 heterocycles. The van der Waals surface area contributed by atoms with Crippen molar-refractivity contribution in [2.75, 3.05) is 0 Å². The van der Waals surface area contributed by atoms with Crippen molar-refractivity contribution in [2.45, 2.75) is 6.04 Å². The number of hydrogen-bond donors (Lipinski definition) is 1. The Kier molecular flexibility index (Phi) is 3.35. The Morgan fingerprint density at radius 3 is 1.65 bits per heavy atom. The number of rotatable bonds is 3. The maximum Gasteiger partial charge on any atom is 0.243 e. The summed E-state index contributed by atoms with van der Waals surface area (Å²) < 4.78 is 0. The summed E-state index contributed by atoms with van der Waals surface area (Å²) >= 11 is 0. The standard InChI is InChI=1S/C13H12N2O2/c16-14-15(17)13(11-7-3-1-4-8-11)12-9-5-2-6-10-12/h1-10,13,16H. The molecule has 0 aliphatic heterocycles. The molecule has 4 heteroatoms. The molecular formula is C13H12N2O2. The van der Waals surface area contributed by atoms with Crippen LogP contribution in [0.4, 0.5) is 0 Å². The molecule has 2 rings (SSSR count). The molecule has 0 aromatic heterocycles. The van der Waals surface area contributed by atoms with Crippen molar-refractivity contribution in [1.82, 2.24) is 0 Å². The molecule has 2 aromatic carbocycles. The highest BCUT2D eigenvalue weighted by atomic mass is 16.6. The van der Waals surface area contributed by atoms with E-state index in [-0.39, 0.29) is 0 Å². The van der Waals surface area contributed by atoms with E-state index in [9.17, 15) is 5.21 Å². The topological polar surface area (TPSA) is 58.7 Å². The molecule has 0 saturated heterocycles. The van der Waals surface area contributed by atoms with Gasteiger partial charge in [0.25, 0.3) is 0 Å². The van der Waals surface area contributed by atoms with Gasteiger partial charge in [-0.3, -0.25) is 0 Å². The normalized spacial score (nSPS) is 11.7. The van der Waals surface area contributed by atoms with Crippen LogP contribution < -0.4 is 0 Å². The minimum absolute atomic E-state index is 0.296. The van der Waals surface area contributed by atoms with Gasteiger partial charge in [0.15, 0.2) is 5.28 Å². The minimum atomic E-state index is -0.623. The van der Waals surface area contributed by atoms with Crippen LogP contribution in [0.25, 0.3) is 0 Å². The molecule has 0 unspecified atom stereocenters. The molecule has 0 spiro atoms. The van der Waals surface area contributed by atoms with Gasteiger partial charge in [0.05, 0.1) is 0 Å². The third-order valence-corrected chi connectivity index (χ3v) is 2.54. The molecule has 0 aliphatic rings. The molecule has 0 atom stereocenters. The summed E-state index contributed by atoms with van der Waals surface area (Å²) in [5.41, 5.74) is 1.57. The maximum atomic E-state index is 11.6. The lowest BCUT2D eigenvalue weighted by Gasteiger charge is -2.13. The fourth-order valence-electron chi connectivity index (χ4n) is 1.77. The zero-order valence-corrected chi connectivity index (χ0v) is 9.10. The van der Waals surface area contributed by atoms with Crippen LogP contribution in [0.5, 0.6) is 0 Å². The Morgan fingerprint density at radius 2 is 1.29 bits per heavy atom. The van der Waals surface area contributed by atoms with Gasteiger partial charge in [-0.05, 0) is 4.86 Å². The summed E-state index contributed by atoms with van der Waals surface area (Å²) in [7, 11) is 0. The Labute approximate surface area is 99.0 Å². The van der Waals surface area contributed by atoms with E-state index in [1.807, 2.05) is 60.7 Å². The fourth-order valence-corrected chi connectivity index (χ4v) is 1.77. The summed E-state index contributed by atoms with van der Waals surface area (Å²) in [4.78, 5) is 0.296. The average Bonchev–Trinajstić information content (AvgIpc) is 2.41. The third kappa shape index (κ3) is 2.42. The zero-order valence-electron chi connectivity index (χ0n) is 9.10. The van der Waals surface area contributed by atoms with Crippen molar-refractivity contribution in [2.24, 2.45) is 5.28 Å². The van der Waals surface area contributed by atoms with Crippen LogP contribution in [0.3, 0.4) is 0 Å². The van der Waals surface area contributed by atoms with E-state index in [4.69, 9.17) is 5.21 Å². The van der Waals surface area contributed by atoms with Crippen LogP contribution in [0, 0.1) is 5.21 Å². The second kappa shape index (κ2) is 5.12. The van der Waals surface area contributed by atoms with Crippen molar-refractivity contribution in [1.29, 1.82) is 0 Å². The molecule has 0 bridgehead atoms. The van der Waals surface area contributed by atoms with Crippen molar-refractivity contribution in [3.63, 3.8) is 0 Å². The molecular weight excluding hydrogens is 216 g/mol. The summed E-state index contributed by atoms with van der Waals surface area (Å²) in [5, 5.41) is 23.0. The molecule has 0 saturated carbocycles. The summed E-state index contributed by atoms with van der Waals surface area (Å²) in [6.45, 7) is 0. The van der Waals surface area contributed by atoms with E-state index in [0.29, 0.717) is 4.86 Å². The van der Waals surface area contributed by atoms with Crippen molar-refractivity contribution < 1.29 is 10.1 Å². The monoisotopic (exact) mass is 228 g/mol. The predicted molar refractivity (Wildman–Crippen MR) is 62.6 cm³/mol. The summed E-state index contributed by atoms with van der Waals surface area (Å²) in [5.74, 6) is 0. The van der Waals surface area contributed by atoms with Gasteiger partial charge in [-0.25, -0.2) is 0 Å². The number of nitrogens with zero attached hydrogens (tertiary/aromatic N) is 2. The van der Waals surface area contributed by atoms with Gasteiger partial charge in [-0.1, -0.05) is 60.7 Å².